The molecule has 1 aromatic heterocycles. The second-order valence-electron chi connectivity index (χ2n) is 10.2. The van der Waals surface area contributed by atoms with Gasteiger partial charge in [-0.2, -0.15) is 0 Å². The first-order valence-electron chi connectivity index (χ1n) is 13.1. The molecule has 2 aromatic carbocycles. The quantitative estimate of drug-likeness (QED) is 0.382. The Morgan fingerprint density at radius 1 is 0.973 bits per heavy atom. The van der Waals surface area contributed by atoms with Crippen molar-refractivity contribution in [3.8, 4) is 0 Å². The first kappa shape index (κ1) is 23.9. The minimum absolute atomic E-state index is 0.0124. The Bertz CT molecular complexity index is 1330. The Kier molecular flexibility index (Phi) is 6.51. The number of fused-ring (bicyclic) bond motifs is 1. The highest BCUT2D eigenvalue weighted by Gasteiger charge is 2.42. The number of Topliss-reactive ketones (excluding diaryl/α,β-unsaturated/α-hetero) is 1. The number of furan rings is 1. The lowest BCUT2D eigenvalue weighted by Gasteiger charge is -2.36. The summed E-state index contributed by atoms with van der Waals surface area (Å²) in [6.07, 6.45) is 7.98. The van der Waals surface area contributed by atoms with Gasteiger partial charge in [-0.05, 0) is 61.2 Å². The van der Waals surface area contributed by atoms with Crippen LogP contribution in [-0.4, -0.2) is 17.9 Å². The Hall–Kier alpha value is -3.51. The van der Waals surface area contributed by atoms with Crippen LogP contribution in [0.5, 0.6) is 0 Å². The molecular formula is C30H30ClN3O3. The third-order valence-electron chi connectivity index (χ3n) is 7.77. The van der Waals surface area contributed by atoms with Crippen LogP contribution in [0.2, 0.25) is 5.02 Å². The van der Waals surface area contributed by atoms with Gasteiger partial charge in [-0.15, -0.1) is 0 Å². The van der Waals surface area contributed by atoms with E-state index in [9.17, 15) is 9.59 Å². The van der Waals surface area contributed by atoms with E-state index >= 15 is 0 Å². The Morgan fingerprint density at radius 3 is 2.51 bits per heavy atom. The average molecular weight is 516 g/mol. The normalized spacial score (nSPS) is 22.1. The topological polar surface area (TPSA) is 74.6 Å². The summed E-state index contributed by atoms with van der Waals surface area (Å²) < 4.78 is 5.68. The molecule has 7 heteroatoms. The predicted molar refractivity (Wildman–Crippen MR) is 145 cm³/mol. The monoisotopic (exact) mass is 515 g/mol. The highest BCUT2D eigenvalue weighted by atomic mass is 35.5. The second-order valence-corrected chi connectivity index (χ2v) is 10.6. The number of nitrogens with one attached hydrogen (secondary N) is 2. The highest BCUT2D eigenvalue weighted by molar-refractivity contribution is 6.30. The van der Waals surface area contributed by atoms with Crippen LogP contribution in [0.4, 0.5) is 16.2 Å². The third kappa shape index (κ3) is 4.66. The van der Waals surface area contributed by atoms with E-state index in [2.05, 4.69) is 10.6 Å². The zero-order chi connectivity index (χ0) is 25.4. The largest absolute Gasteiger partial charge is 0.469 e. The Balaban J connectivity index is 1.49. The number of hydrogen-bond acceptors (Lipinski definition) is 4. The number of anilines is 2. The smallest absolute Gasteiger partial charge is 0.323 e. The number of nitrogens with zero attached hydrogens (tertiary/aromatic N) is 1. The van der Waals surface area contributed by atoms with Gasteiger partial charge in [0.1, 0.15) is 5.76 Å². The van der Waals surface area contributed by atoms with E-state index in [1.807, 2.05) is 60.7 Å². The first-order valence-corrected chi connectivity index (χ1v) is 13.5. The number of para-hydroxylation sites is 2. The second kappa shape index (κ2) is 10.1. The standard InChI is InChI=1S/C30H30ClN3O3/c31-21-14-12-19(13-15-21)29-28-24(17-20(18-26(28)35)27-11-6-16-37-27)33-23-9-4-5-10-25(23)34(29)30(36)32-22-7-2-1-3-8-22/h4-6,9-16,20,22,29,33H,1-3,7-8,17-18H2,(H,32,36)/t20-,29-/m1/s1. The van der Waals surface area contributed by atoms with Crippen molar-refractivity contribution in [1.29, 1.82) is 0 Å². The molecule has 6 nitrogen and oxygen atoms in total. The molecule has 3 aromatic rings. The van der Waals surface area contributed by atoms with Gasteiger partial charge in [-0.1, -0.05) is 55.1 Å². The van der Waals surface area contributed by atoms with E-state index in [4.69, 9.17) is 16.0 Å². The van der Waals surface area contributed by atoms with Crippen molar-refractivity contribution in [1.82, 2.24) is 5.32 Å². The summed E-state index contributed by atoms with van der Waals surface area (Å²) in [6.45, 7) is 0. The molecule has 0 radical (unpaired) electrons. The van der Waals surface area contributed by atoms with Crippen LogP contribution in [0.3, 0.4) is 0 Å². The van der Waals surface area contributed by atoms with Crippen LogP contribution in [0.15, 0.2) is 82.6 Å². The third-order valence-corrected chi connectivity index (χ3v) is 8.02. The first-order chi connectivity index (χ1) is 18.1. The predicted octanol–water partition coefficient (Wildman–Crippen LogP) is 7.35. The van der Waals surface area contributed by atoms with Gasteiger partial charge < -0.3 is 15.1 Å². The molecule has 3 aliphatic rings. The van der Waals surface area contributed by atoms with Gasteiger partial charge in [0.05, 0.1) is 23.7 Å². The van der Waals surface area contributed by atoms with Gasteiger partial charge in [0.2, 0.25) is 0 Å². The number of ketones is 1. The molecule has 37 heavy (non-hydrogen) atoms. The molecular weight excluding hydrogens is 486 g/mol. The van der Waals surface area contributed by atoms with E-state index in [1.165, 1.54) is 6.42 Å². The van der Waals surface area contributed by atoms with Crippen LogP contribution in [-0.2, 0) is 4.79 Å². The zero-order valence-corrected chi connectivity index (χ0v) is 21.3. The summed E-state index contributed by atoms with van der Waals surface area (Å²) in [4.78, 5) is 29.8. The molecule has 1 saturated carbocycles. The lowest BCUT2D eigenvalue weighted by Crippen LogP contribution is -2.48. The number of carbonyl (C=O) groups is 2. The number of benzene rings is 2. The van der Waals surface area contributed by atoms with Crippen molar-refractivity contribution in [3.05, 3.63) is 94.5 Å². The lowest BCUT2D eigenvalue weighted by atomic mass is 9.80. The number of hydrogen-bond donors (Lipinski definition) is 2. The minimum Gasteiger partial charge on any atom is -0.469 e. The molecule has 190 valence electrons. The summed E-state index contributed by atoms with van der Waals surface area (Å²) >= 11 is 6.24. The fourth-order valence-electron chi connectivity index (χ4n) is 5.99. The van der Waals surface area contributed by atoms with Crippen LogP contribution >= 0.6 is 11.6 Å². The number of carbonyl (C=O) groups excluding carboxylic acids is 2. The Labute approximate surface area is 221 Å². The zero-order valence-electron chi connectivity index (χ0n) is 20.6. The maximum absolute atomic E-state index is 14.1. The molecule has 2 atom stereocenters. The van der Waals surface area contributed by atoms with Crippen LogP contribution in [0, 0.1) is 0 Å². The summed E-state index contributed by atoms with van der Waals surface area (Å²) in [5, 5.41) is 7.45. The highest BCUT2D eigenvalue weighted by Crippen LogP contribution is 2.47. The van der Waals surface area contributed by atoms with Gasteiger partial charge in [0, 0.05) is 34.7 Å². The number of rotatable bonds is 3. The molecule has 0 spiro atoms. The molecule has 1 fully saturated rings. The fourth-order valence-corrected chi connectivity index (χ4v) is 6.12. The van der Waals surface area contributed by atoms with Crippen molar-refractivity contribution in [3.63, 3.8) is 0 Å². The van der Waals surface area contributed by atoms with Crippen molar-refractivity contribution in [2.75, 3.05) is 10.2 Å². The van der Waals surface area contributed by atoms with Gasteiger partial charge in [0.15, 0.2) is 5.78 Å². The number of allylic oxidation sites excluding steroid dienone is 1. The van der Waals surface area contributed by atoms with Crippen LogP contribution in [0.1, 0.15) is 68.2 Å². The number of amides is 2. The van der Waals surface area contributed by atoms with Crippen molar-refractivity contribution in [2.24, 2.45) is 0 Å². The van der Waals surface area contributed by atoms with E-state index in [0.29, 0.717) is 23.4 Å². The number of urea groups is 1. The lowest BCUT2D eigenvalue weighted by molar-refractivity contribution is -0.116. The molecule has 2 amide bonds. The maximum atomic E-state index is 14.1. The average Bonchev–Trinajstić information content (AvgIpc) is 3.40. The number of halogens is 1. The molecule has 6 rings (SSSR count). The summed E-state index contributed by atoms with van der Waals surface area (Å²) in [6, 6.07) is 18.4. The van der Waals surface area contributed by atoms with Crippen molar-refractivity contribution in [2.45, 2.75) is 62.9 Å². The molecule has 0 bridgehead atoms. The van der Waals surface area contributed by atoms with Crippen molar-refractivity contribution < 1.29 is 14.0 Å². The van der Waals surface area contributed by atoms with Gasteiger partial charge in [-0.3, -0.25) is 9.69 Å². The molecule has 2 aliphatic carbocycles. The molecule has 0 saturated heterocycles. The fraction of sp³-hybridized carbons (Fsp3) is 0.333. The van der Waals surface area contributed by atoms with Gasteiger partial charge >= 0.3 is 6.03 Å². The van der Waals surface area contributed by atoms with Crippen LogP contribution in [0.25, 0.3) is 0 Å². The van der Waals surface area contributed by atoms with Crippen molar-refractivity contribution >= 4 is 34.8 Å². The summed E-state index contributed by atoms with van der Waals surface area (Å²) in [7, 11) is 0. The van der Waals surface area contributed by atoms with Crippen LogP contribution < -0.4 is 15.5 Å². The van der Waals surface area contributed by atoms with Gasteiger partial charge in [-0.25, -0.2) is 4.79 Å². The maximum Gasteiger partial charge on any atom is 0.323 e. The Morgan fingerprint density at radius 2 is 1.76 bits per heavy atom. The molecule has 0 unspecified atom stereocenters. The molecule has 2 heterocycles. The van der Waals surface area contributed by atoms with E-state index in [0.717, 1.165) is 54.1 Å². The summed E-state index contributed by atoms with van der Waals surface area (Å²) in [5.74, 6) is 0.752. The molecule has 1 aliphatic heterocycles. The minimum atomic E-state index is -0.586. The van der Waals surface area contributed by atoms with E-state index in [-0.39, 0.29) is 23.8 Å². The van der Waals surface area contributed by atoms with E-state index < -0.39 is 6.04 Å². The van der Waals surface area contributed by atoms with Gasteiger partial charge in [0.25, 0.3) is 0 Å². The van der Waals surface area contributed by atoms with E-state index in [1.54, 1.807) is 11.2 Å². The summed E-state index contributed by atoms with van der Waals surface area (Å²) in [5.41, 5.74) is 3.85. The SMILES string of the molecule is O=C1C[C@H](c2ccco2)CC2=C1[C@@H](c1ccc(Cl)cc1)N(C(=O)NC1CCCCC1)c1ccccc1N2. The molecule has 2 N–H and O–H groups in total.